The van der Waals surface area contributed by atoms with E-state index >= 15 is 0 Å². The second kappa shape index (κ2) is 4.45. The number of halogens is 1. The molecular weight excluding hydrogens is 222 g/mol. The van der Waals surface area contributed by atoms with Gasteiger partial charge in [-0.25, -0.2) is 5.48 Å². The van der Waals surface area contributed by atoms with E-state index in [2.05, 4.69) is 21.4 Å². The van der Waals surface area contributed by atoms with Crippen LogP contribution < -0.4 is 10.2 Å². The molecule has 0 fully saturated rings. The van der Waals surface area contributed by atoms with Crippen molar-refractivity contribution in [2.75, 3.05) is 7.11 Å². The van der Waals surface area contributed by atoms with Gasteiger partial charge in [0.2, 0.25) is 0 Å². The highest BCUT2D eigenvalue weighted by molar-refractivity contribution is 9.10. The third-order valence-electron chi connectivity index (χ3n) is 1.53. The Balaban J connectivity index is 2.97. The molecule has 0 aromatic heterocycles. The van der Waals surface area contributed by atoms with Gasteiger partial charge in [0.15, 0.2) is 0 Å². The fraction of sp³-hybridized carbons (Fsp3) is 0.250. The second-order valence-electron chi connectivity index (χ2n) is 2.27. The highest BCUT2D eigenvalue weighted by atomic mass is 79.9. The normalized spacial score (nSPS) is 9.92. The van der Waals surface area contributed by atoms with E-state index in [1.807, 2.05) is 18.2 Å². The molecule has 1 rings (SSSR count). The SMILES string of the molecule is COc1cccc(CNO)c1Br. The molecule has 12 heavy (non-hydrogen) atoms. The molecule has 0 saturated carbocycles. The maximum absolute atomic E-state index is 8.50. The lowest BCUT2D eigenvalue weighted by atomic mass is 10.2. The fourth-order valence-electron chi connectivity index (χ4n) is 0.936. The number of ether oxygens (including phenoxy) is 1. The van der Waals surface area contributed by atoms with Crippen LogP contribution in [0.3, 0.4) is 0 Å². The molecule has 0 saturated heterocycles. The molecule has 0 amide bonds. The van der Waals surface area contributed by atoms with Gasteiger partial charge in [-0.15, -0.1) is 0 Å². The summed E-state index contributed by atoms with van der Waals surface area (Å²) in [6, 6.07) is 5.62. The van der Waals surface area contributed by atoms with Gasteiger partial charge in [-0.2, -0.15) is 0 Å². The number of benzene rings is 1. The molecule has 0 heterocycles. The number of hydrogen-bond donors (Lipinski definition) is 2. The minimum Gasteiger partial charge on any atom is -0.496 e. The highest BCUT2D eigenvalue weighted by Crippen LogP contribution is 2.27. The highest BCUT2D eigenvalue weighted by Gasteiger charge is 2.03. The quantitative estimate of drug-likeness (QED) is 0.782. The van der Waals surface area contributed by atoms with Gasteiger partial charge < -0.3 is 9.94 Å². The zero-order valence-electron chi connectivity index (χ0n) is 6.67. The molecule has 0 aliphatic rings. The largest absolute Gasteiger partial charge is 0.496 e. The third kappa shape index (κ3) is 1.97. The number of nitrogens with one attached hydrogen (secondary N) is 1. The van der Waals surface area contributed by atoms with Crippen LogP contribution in [-0.2, 0) is 6.54 Å². The Labute approximate surface area is 79.4 Å². The van der Waals surface area contributed by atoms with E-state index in [4.69, 9.17) is 9.94 Å². The first-order chi connectivity index (χ1) is 5.79. The zero-order chi connectivity index (χ0) is 8.97. The summed E-state index contributed by atoms with van der Waals surface area (Å²) < 4.78 is 5.95. The van der Waals surface area contributed by atoms with Crippen LogP contribution in [0.25, 0.3) is 0 Å². The molecule has 1 aromatic carbocycles. The zero-order valence-corrected chi connectivity index (χ0v) is 8.26. The van der Waals surface area contributed by atoms with Crippen LogP contribution in [0.2, 0.25) is 0 Å². The van der Waals surface area contributed by atoms with E-state index < -0.39 is 0 Å². The van der Waals surface area contributed by atoms with Gasteiger partial charge in [0.1, 0.15) is 5.75 Å². The predicted octanol–water partition coefficient (Wildman–Crippen LogP) is 1.94. The van der Waals surface area contributed by atoms with Gasteiger partial charge in [0, 0.05) is 6.54 Å². The Kier molecular flexibility index (Phi) is 3.52. The van der Waals surface area contributed by atoms with E-state index in [0.29, 0.717) is 6.54 Å². The Morgan fingerprint density at radius 3 is 2.92 bits per heavy atom. The van der Waals surface area contributed by atoms with Crippen LogP contribution in [0.5, 0.6) is 5.75 Å². The summed E-state index contributed by atoms with van der Waals surface area (Å²) in [5, 5.41) is 8.50. The standard InChI is InChI=1S/C8H10BrNO2/c1-12-7-4-2-3-6(5-10-11)8(7)9/h2-4,10-11H,5H2,1H3. The molecule has 3 nitrogen and oxygen atoms in total. The molecule has 0 spiro atoms. The maximum atomic E-state index is 8.50. The first-order valence-electron chi connectivity index (χ1n) is 3.48. The average molecular weight is 232 g/mol. The summed E-state index contributed by atoms with van der Waals surface area (Å²) in [5.41, 5.74) is 3.05. The topological polar surface area (TPSA) is 41.5 Å². The monoisotopic (exact) mass is 231 g/mol. The summed E-state index contributed by atoms with van der Waals surface area (Å²) >= 11 is 3.37. The summed E-state index contributed by atoms with van der Waals surface area (Å²) in [5.74, 6) is 0.766. The van der Waals surface area contributed by atoms with Crippen molar-refractivity contribution >= 4 is 15.9 Å². The molecule has 0 aliphatic carbocycles. The van der Waals surface area contributed by atoms with Gasteiger partial charge >= 0.3 is 0 Å². The van der Waals surface area contributed by atoms with Crippen molar-refractivity contribution in [3.63, 3.8) is 0 Å². The van der Waals surface area contributed by atoms with E-state index in [1.54, 1.807) is 7.11 Å². The average Bonchev–Trinajstić information content (AvgIpc) is 2.09. The Bertz CT molecular complexity index is 265. The van der Waals surface area contributed by atoms with Crippen LogP contribution in [0.15, 0.2) is 22.7 Å². The van der Waals surface area contributed by atoms with E-state index in [-0.39, 0.29) is 0 Å². The molecule has 66 valence electrons. The van der Waals surface area contributed by atoms with E-state index in [0.717, 1.165) is 15.8 Å². The minimum atomic E-state index is 0.401. The molecule has 0 atom stereocenters. The van der Waals surface area contributed by atoms with Crippen LogP contribution in [0, 0.1) is 0 Å². The van der Waals surface area contributed by atoms with Crippen molar-refractivity contribution in [2.24, 2.45) is 0 Å². The minimum absolute atomic E-state index is 0.401. The molecule has 1 aromatic rings. The van der Waals surface area contributed by atoms with Gasteiger partial charge in [-0.1, -0.05) is 12.1 Å². The summed E-state index contributed by atoms with van der Waals surface area (Å²) in [7, 11) is 1.61. The van der Waals surface area contributed by atoms with E-state index in [9.17, 15) is 0 Å². The smallest absolute Gasteiger partial charge is 0.133 e. The van der Waals surface area contributed by atoms with Gasteiger partial charge in [-0.05, 0) is 27.6 Å². The summed E-state index contributed by atoms with van der Waals surface area (Å²) in [6.45, 7) is 0.401. The first-order valence-corrected chi connectivity index (χ1v) is 4.27. The number of methoxy groups -OCH3 is 1. The van der Waals surface area contributed by atoms with Crippen molar-refractivity contribution < 1.29 is 9.94 Å². The Morgan fingerprint density at radius 2 is 2.33 bits per heavy atom. The van der Waals surface area contributed by atoms with Crippen LogP contribution >= 0.6 is 15.9 Å². The molecular formula is C8H10BrNO2. The van der Waals surface area contributed by atoms with E-state index in [1.165, 1.54) is 0 Å². The first kappa shape index (κ1) is 9.51. The van der Waals surface area contributed by atoms with Crippen LogP contribution in [-0.4, -0.2) is 12.3 Å². The fourth-order valence-corrected chi connectivity index (χ4v) is 1.50. The Hall–Kier alpha value is -0.580. The lowest BCUT2D eigenvalue weighted by Crippen LogP contribution is -2.06. The number of rotatable bonds is 3. The van der Waals surface area contributed by atoms with Gasteiger partial charge in [0.25, 0.3) is 0 Å². The van der Waals surface area contributed by atoms with Crippen molar-refractivity contribution in [1.29, 1.82) is 0 Å². The van der Waals surface area contributed by atoms with Gasteiger partial charge in [0.05, 0.1) is 11.6 Å². The van der Waals surface area contributed by atoms with Crippen LogP contribution in [0.4, 0.5) is 0 Å². The van der Waals surface area contributed by atoms with Crippen LogP contribution in [0.1, 0.15) is 5.56 Å². The predicted molar refractivity (Wildman–Crippen MR) is 49.3 cm³/mol. The summed E-state index contributed by atoms with van der Waals surface area (Å²) in [6.07, 6.45) is 0. The molecule has 0 aliphatic heterocycles. The summed E-state index contributed by atoms with van der Waals surface area (Å²) in [4.78, 5) is 0. The van der Waals surface area contributed by atoms with Crippen molar-refractivity contribution in [2.45, 2.75) is 6.54 Å². The van der Waals surface area contributed by atoms with Crippen molar-refractivity contribution in [3.8, 4) is 5.75 Å². The van der Waals surface area contributed by atoms with Crippen molar-refractivity contribution in [3.05, 3.63) is 28.2 Å². The molecule has 4 heteroatoms. The molecule has 0 radical (unpaired) electrons. The Morgan fingerprint density at radius 1 is 1.58 bits per heavy atom. The number of hydroxylamine groups is 1. The lowest BCUT2D eigenvalue weighted by molar-refractivity contribution is 0.161. The van der Waals surface area contributed by atoms with Gasteiger partial charge in [-0.3, -0.25) is 0 Å². The molecule has 0 bridgehead atoms. The maximum Gasteiger partial charge on any atom is 0.133 e. The lowest BCUT2D eigenvalue weighted by Gasteiger charge is -2.07. The molecule has 0 unspecified atom stereocenters. The number of hydrogen-bond acceptors (Lipinski definition) is 3. The third-order valence-corrected chi connectivity index (χ3v) is 2.43. The van der Waals surface area contributed by atoms with Crippen molar-refractivity contribution in [1.82, 2.24) is 5.48 Å². The second-order valence-corrected chi connectivity index (χ2v) is 3.06. The molecule has 2 N–H and O–H groups in total.